The first-order valence-electron chi connectivity index (χ1n) is 13.9. The molecule has 3 N–H and O–H groups in total. The molecule has 0 aliphatic rings. The van der Waals surface area contributed by atoms with Gasteiger partial charge in [0.15, 0.2) is 0 Å². The second-order valence-corrected chi connectivity index (χ2v) is 10.8. The molecule has 0 aliphatic carbocycles. The summed E-state index contributed by atoms with van der Waals surface area (Å²) in [6.45, 7) is 10.8. The van der Waals surface area contributed by atoms with E-state index in [1.807, 2.05) is 60.7 Å². The van der Waals surface area contributed by atoms with Gasteiger partial charge in [0.2, 0.25) is 11.8 Å². The molecule has 0 aromatic heterocycles. The van der Waals surface area contributed by atoms with Crippen molar-refractivity contribution in [3.8, 4) is 0 Å². The van der Waals surface area contributed by atoms with Crippen molar-refractivity contribution in [2.75, 3.05) is 13.2 Å². The van der Waals surface area contributed by atoms with Gasteiger partial charge < -0.3 is 20.5 Å². The standard InChI is InChI=1S/C33H44N2O5/c1-5-7-19-28(20-25-15-10-8-11-16-25)32(39)40-24-33(3,4)35-31(38)27(14-6-2)22-30(37)34-29(23-36)21-26-17-12-9-13-18-26/h5-6,8-13,15-18,27-29,36H,1-2,7,14,19-24H2,3-4H3,(H,34,37)(H,35,38)/t27-,28-,29+/m1/s1. The van der Waals surface area contributed by atoms with Gasteiger partial charge in [0.05, 0.1) is 30.0 Å². The Morgan fingerprint density at radius 3 is 2.08 bits per heavy atom. The minimum absolute atomic E-state index is 0.00633. The summed E-state index contributed by atoms with van der Waals surface area (Å²) in [7, 11) is 0. The third kappa shape index (κ3) is 12.0. The average Bonchev–Trinajstić information content (AvgIpc) is 2.94. The van der Waals surface area contributed by atoms with Gasteiger partial charge in [-0.2, -0.15) is 0 Å². The molecule has 3 atom stereocenters. The summed E-state index contributed by atoms with van der Waals surface area (Å²) < 4.78 is 5.67. The zero-order chi connectivity index (χ0) is 29.4. The molecule has 0 unspecified atom stereocenters. The SMILES string of the molecule is C=CCC[C@H](Cc1ccccc1)C(=O)OCC(C)(C)NC(=O)[C@H](CC=C)CC(=O)N[C@H](CO)Cc1ccccc1. The van der Waals surface area contributed by atoms with Crippen molar-refractivity contribution in [3.63, 3.8) is 0 Å². The zero-order valence-corrected chi connectivity index (χ0v) is 23.8. The van der Waals surface area contributed by atoms with Crippen LogP contribution in [0.15, 0.2) is 86.0 Å². The van der Waals surface area contributed by atoms with Gasteiger partial charge in [-0.1, -0.05) is 72.8 Å². The Balaban J connectivity index is 1.93. The molecule has 2 rings (SSSR count). The zero-order valence-electron chi connectivity index (χ0n) is 23.8. The number of nitrogens with one attached hydrogen (secondary N) is 2. The highest BCUT2D eigenvalue weighted by Gasteiger charge is 2.30. The number of aliphatic hydroxyl groups excluding tert-OH is 1. The molecule has 0 fully saturated rings. The Bertz CT molecular complexity index is 1080. The number of rotatable bonds is 18. The van der Waals surface area contributed by atoms with Crippen LogP contribution in [0.1, 0.15) is 50.7 Å². The van der Waals surface area contributed by atoms with Gasteiger partial charge in [-0.05, 0) is 57.1 Å². The molecule has 2 amide bonds. The van der Waals surface area contributed by atoms with E-state index in [9.17, 15) is 19.5 Å². The van der Waals surface area contributed by atoms with E-state index >= 15 is 0 Å². The van der Waals surface area contributed by atoms with Crippen molar-refractivity contribution in [2.24, 2.45) is 11.8 Å². The topological polar surface area (TPSA) is 105 Å². The molecule has 7 heteroatoms. The summed E-state index contributed by atoms with van der Waals surface area (Å²) in [5.41, 5.74) is 1.20. The number of ether oxygens (including phenoxy) is 1. The number of hydrogen-bond acceptors (Lipinski definition) is 5. The third-order valence-electron chi connectivity index (χ3n) is 6.58. The van der Waals surface area contributed by atoms with Crippen molar-refractivity contribution >= 4 is 17.8 Å². The van der Waals surface area contributed by atoms with Crippen LogP contribution in [0, 0.1) is 11.8 Å². The van der Waals surface area contributed by atoms with Crippen LogP contribution >= 0.6 is 0 Å². The lowest BCUT2D eigenvalue weighted by Crippen LogP contribution is -2.50. The summed E-state index contributed by atoms with van der Waals surface area (Å²) in [6.07, 6.45) is 6.01. The van der Waals surface area contributed by atoms with E-state index in [1.165, 1.54) is 0 Å². The Morgan fingerprint density at radius 1 is 0.925 bits per heavy atom. The number of hydrogen-bond donors (Lipinski definition) is 3. The fraction of sp³-hybridized carbons (Fsp3) is 0.424. The first kappa shape index (κ1) is 32.5. The van der Waals surface area contributed by atoms with Crippen molar-refractivity contribution in [1.82, 2.24) is 10.6 Å². The highest BCUT2D eigenvalue weighted by Crippen LogP contribution is 2.19. The van der Waals surface area contributed by atoms with E-state index in [0.29, 0.717) is 32.1 Å². The second-order valence-electron chi connectivity index (χ2n) is 10.8. The van der Waals surface area contributed by atoms with Crippen molar-refractivity contribution in [3.05, 3.63) is 97.1 Å². The summed E-state index contributed by atoms with van der Waals surface area (Å²) >= 11 is 0. The van der Waals surface area contributed by atoms with Crippen molar-refractivity contribution in [2.45, 2.75) is 64.0 Å². The molecule has 0 aliphatic heterocycles. The van der Waals surface area contributed by atoms with Crippen LogP contribution in [0.25, 0.3) is 0 Å². The van der Waals surface area contributed by atoms with Crippen LogP contribution in [0.2, 0.25) is 0 Å². The highest BCUT2D eigenvalue weighted by atomic mass is 16.5. The minimum Gasteiger partial charge on any atom is -0.463 e. The van der Waals surface area contributed by atoms with Gasteiger partial charge in [0.25, 0.3) is 0 Å². The largest absolute Gasteiger partial charge is 0.463 e. The first-order valence-corrected chi connectivity index (χ1v) is 13.9. The summed E-state index contributed by atoms with van der Waals surface area (Å²) in [6, 6.07) is 18.9. The Kier molecular flexibility index (Phi) is 13.9. The van der Waals surface area contributed by atoms with E-state index in [0.717, 1.165) is 11.1 Å². The average molecular weight is 549 g/mol. The molecule has 0 spiro atoms. The van der Waals surface area contributed by atoms with Crippen LogP contribution in [-0.2, 0) is 32.0 Å². The third-order valence-corrected chi connectivity index (χ3v) is 6.58. The smallest absolute Gasteiger partial charge is 0.309 e. The van der Waals surface area contributed by atoms with Gasteiger partial charge >= 0.3 is 5.97 Å². The van der Waals surface area contributed by atoms with Crippen LogP contribution < -0.4 is 10.6 Å². The van der Waals surface area contributed by atoms with E-state index < -0.39 is 17.5 Å². The predicted octanol–water partition coefficient (Wildman–Crippen LogP) is 4.55. The fourth-order valence-corrected chi connectivity index (χ4v) is 4.42. The number of benzene rings is 2. The molecule has 7 nitrogen and oxygen atoms in total. The number of aliphatic hydroxyl groups is 1. The highest BCUT2D eigenvalue weighted by molar-refractivity contribution is 5.86. The molecular weight excluding hydrogens is 504 g/mol. The normalized spacial score (nSPS) is 13.4. The Hall–Kier alpha value is -3.71. The van der Waals surface area contributed by atoms with Crippen molar-refractivity contribution in [1.29, 1.82) is 0 Å². The van der Waals surface area contributed by atoms with E-state index in [4.69, 9.17) is 4.74 Å². The molecule has 0 radical (unpaired) electrons. The summed E-state index contributed by atoms with van der Waals surface area (Å²) in [5.74, 6) is -1.94. The lowest BCUT2D eigenvalue weighted by molar-refractivity contribution is -0.151. The van der Waals surface area contributed by atoms with Crippen molar-refractivity contribution < 1.29 is 24.2 Å². The lowest BCUT2D eigenvalue weighted by Gasteiger charge is -2.29. The molecule has 2 aromatic carbocycles. The lowest BCUT2D eigenvalue weighted by atomic mass is 9.94. The van der Waals surface area contributed by atoms with Gasteiger partial charge in [-0.25, -0.2) is 0 Å². The van der Waals surface area contributed by atoms with Crippen LogP contribution in [-0.4, -0.2) is 47.7 Å². The van der Waals surface area contributed by atoms with E-state index in [2.05, 4.69) is 23.8 Å². The summed E-state index contributed by atoms with van der Waals surface area (Å²) in [4.78, 5) is 38.9. The predicted molar refractivity (Wildman–Crippen MR) is 158 cm³/mol. The fourth-order valence-electron chi connectivity index (χ4n) is 4.42. The van der Waals surface area contributed by atoms with Gasteiger partial charge in [-0.15, -0.1) is 13.2 Å². The molecule has 216 valence electrons. The molecule has 0 saturated heterocycles. The van der Waals surface area contributed by atoms with Gasteiger partial charge in [0, 0.05) is 6.42 Å². The number of esters is 1. The minimum atomic E-state index is -0.848. The van der Waals surface area contributed by atoms with E-state index in [1.54, 1.807) is 26.0 Å². The monoisotopic (exact) mass is 548 g/mol. The Labute approximate surface area is 238 Å². The van der Waals surface area contributed by atoms with Crippen LogP contribution in [0.3, 0.4) is 0 Å². The maximum atomic E-state index is 13.2. The maximum Gasteiger partial charge on any atom is 0.309 e. The van der Waals surface area contributed by atoms with E-state index in [-0.39, 0.29) is 43.3 Å². The maximum absolute atomic E-state index is 13.2. The number of amides is 2. The first-order chi connectivity index (χ1) is 19.2. The quantitative estimate of drug-likeness (QED) is 0.187. The molecule has 0 bridgehead atoms. The van der Waals surface area contributed by atoms with Crippen LogP contribution in [0.5, 0.6) is 0 Å². The molecule has 0 heterocycles. The Morgan fingerprint density at radius 2 is 1.52 bits per heavy atom. The number of carbonyl (C=O) groups excluding carboxylic acids is 3. The van der Waals surface area contributed by atoms with Crippen LogP contribution in [0.4, 0.5) is 0 Å². The number of allylic oxidation sites excluding steroid dienone is 2. The summed E-state index contributed by atoms with van der Waals surface area (Å²) in [5, 5.41) is 15.5. The molecule has 0 saturated carbocycles. The van der Waals surface area contributed by atoms with Gasteiger partial charge in [-0.3, -0.25) is 14.4 Å². The van der Waals surface area contributed by atoms with Gasteiger partial charge in [0.1, 0.15) is 6.61 Å². The molecule has 40 heavy (non-hydrogen) atoms. The number of carbonyl (C=O) groups is 3. The molecular formula is C33H44N2O5. The second kappa shape index (κ2) is 17.1. The molecule has 2 aromatic rings.